The van der Waals surface area contributed by atoms with Gasteiger partial charge in [-0.1, -0.05) is 24.3 Å². The molecule has 5 heteroatoms. The predicted molar refractivity (Wildman–Crippen MR) is 110 cm³/mol. The third-order valence-electron chi connectivity index (χ3n) is 5.85. The number of nitrogens with zero attached hydrogens (tertiary/aromatic N) is 3. The zero-order valence-electron chi connectivity index (χ0n) is 16.1. The first-order valence-corrected chi connectivity index (χ1v) is 9.96. The fraction of sp³-hybridized carbons (Fsp3) is 0.304. The van der Waals surface area contributed by atoms with Crippen LogP contribution in [0.1, 0.15) is 35.7 Å². The number of nitrogens with one attached hydrogen (secondary N) is 1. The second-order valence-corrected chi connectivity index (χ2v) is 7.78. The van der Waals surface area contributed by atoms with Crippen LogP contribution in [-0.2, 0) is 11.2 Å². The number of pyridine rings is 1. The largest absolute Gasteiger partial charge is 0.361 e. The molecule has 0 unspecified atom stereocenters. The fourth-order valence-electron chi connectivity index (χ4n) is 4.48. The molecule has 4 aromatic rings. The number of hydrogen-bond donors (Lipinski definition) is 1. The topological polar surface area (TPSA) is 53.4 Å². The van der Waals surface area contributed by atoms with Gasteiger partial charge in [0.1, 0.15) is 5.65 Å². The van der Waals surface area contributed by atoms with Gasteiger partial charge < -0.3 is 14.3 Å². The van der Waals surface area contributed by atoms with Crippen molar-refractivity contribution in [1.82, 2.24) is 19.3 Å². The van der Waals surface area contributed by atoms with Crippen molar-refractivity contribution in [3.8, 4) is 0 Å². The molecular formula is C23H24N4O. The summed E-state index contributed by atoms with van der Waals surface area (Å²) in [5.74, 6) is 0.557. The van der Waals surface area contributed by atoms with Gasteiger partial charge in [0.25, 0.3) is 0 Å². The summed E-state index contributed by atoms with van der Waals surface area (Å²) < 4.78 is 2.19. The molecule has 0 spiro atoms. The minimum Gasteiger partial charge on any atom is -0.361 e. The number of aryl methyl sites for hydroxylation is 1. The maximum absolute atomic E-state index is 13.0. The van der Waals surface area contributed by atoms with E-state index in [1.54, 1.807) is 0 Å². The molecule has 1 atom stereocenters. The van der Waals surface area contributed by atoms with E-state index in [0.717, 1.165) is 53.7 Å². The van der Waals surface area contributed by atoms with Gasteiger partial charge >= 0.3 is 0 Å². The minimum absolute atomic E-state index is 0.212. The van der Waals surface area contributed by atoms with Crippen molar-refractivity contribution in [3.63, 3.8) is 0 Å². The molecule has 1 amide bonds. The summed E-state index contributed by atoms with van der Waals surface area (Å²) in [5, 5.41) is 1.14. The van der Waals surface area contributed by atoms with Crippen LogP contribution in [0.2, 0.25) is 0 Å². The molecule has 1 N–H and O–H groups in total. The van der Waals surface area contributed by atoms with Crippen LogP contribution in [0.3, 0.4) is 0 Å². The summed E-state index contributed by atoms with van der Waals surface area (Å²) in [7, 11) is 0. The van der Waals surface area contributed by atoms with Gasteiger partial charge in [-0.15, -0.1) is 0 Å². The number of imidazole rings is 1. The molecule has 3 aromatic heterocycles. The fourth-order valence-corrected chi connectivity index (χ4v) is 4.48. The number of H-pyrrole nitrogens is 1. The van der Waals surface area contributed by atoms with Gasteiger partial charge in [-0.05, 0) is 43.5 Å². The van der Waals surface area contributed by atoms with Crippen LogP contribution in [-0.4, -0.2) is 38.3 Å². The van der Waals surface area contributed by atoms with Gasteiger partial charge in [-0.3, -0.25) is 4.79 Å². The molecule has 0 aliphatic carbocycles. The molecule has 1 aliphatic rings. The number of para-hydroxylation sites is 1. The second-order valence-electron chi connectivity index (χ2n) is 7.78. The lowest BCUT2D eigenvalue weighted by Gasteiger charge is -2.33. The number of carbonyl (C=O) groups excluding carboxylic acids is 1. The normalized spacial score (nSPS) is 17.5. The SMILES string of the molecule is Cc1cn2c([C@H]3CCCN(C(=O)Cc4c[nH]c5ccccc45)C3)cccc2n1. The van der Waals surface area contributed by atoms with E-state index in [9.17, 15) is 4.79 Å². The van der Waals surface area contributed by atoms with Gasteiger partial charge in [-0.25, -0.2) is 4.98 Å². The molecule has 1 saturated heterocycles. The molecule has 142 valence electrons. The number of amides is 1. The summed E-state index contributed by atoms with van der Waals surface area (Å²) in [5.41, 5.74) is 5.43. The quantitative estimate of drug-likeness (QED) is 0.589. The molecule has 1 aromatic carbocycles. The maximum atomic E-state index is 13.0. The Kier molecular flexibility index (Phi) is 4.15. The number of aromatic nitrogens is 3. The van der Waals surface area contributed by atoms with Crippen LogP contribution in [0.5, 0.6) is 0 Å². The van der Waals surface area contributed by atoms with Crippen LogP contribution < -0.4 is 0 Å². The average Bonchev–Trinajstić information content (AvgIpc) is 3.30. The number of carbonyl (C=O) groups is 1. The van der Waals surface area contributed by atoms with E-state index in [2.05, 4.69) is 38.8 Å². The highest BCUT2D eigenvalue weighted by Gasteiger charge is 2.26. The molecule has 4 heterocycles. The Morgan fingerprint density at radius 3 is 3.04 bits per heavy atom. The standard InChI is InChI=1S/C23H24N4O/c1-16-14-27-21(9-4-10-22(27)25-16)17-6-5-11-26(15-17)23(28)12-18-13-24-20-8-3-2-7-19(18)20/h2-4,7-10,13-14,17,24H,5-6,11-12,15H2,1H3/t17-/m0/s1. The Hall–Kier alpha value is -3.08. The van der Waals surface area contributed by atoms with Crippen LogP contribution in [0.15, 0.2) is 54.9 Å². The Morgan fingerprint density at radius 1 is 1.21 bits per heavy atom. The molecular weight excluding hydrogens is 348 g/mol. The first-order valence-electron chi connectivity index (χ1n) is 9.96. The van der Waals surface area contributed by atoms with Crippen molar-refractivity contribution in [2.45, 2.75) is 32.1 Å². The van der Waals surface area contributed by atoms with E-state index < -0.39 is 0 Å². The molecule has 5 nitrogen and oxygen atoms in total. The van der Waals surface area contributed by atoms with E-state index in [0.29, 0.717) is 12.3 Å². The first-order chi connectivity index (χ1) is 13.7. The molecule has 5 rings (SSSR count). The first kappa shape index (κ1) is 17.0. The number of hydrogen-bond acceptors (Lipinski definition) is 2. The highest BCUT2D eigenvalue weighted by Crippen LogP contribution is 2.28. The van der Waals surface area contributed by atoms with Crippen molar-refractivity contribution >= 4 is 22.5 Å². The smallest absolute Gasteiger partial charge is 0.227 e. The van der Waals surface area contributed by atoms with Crippen LogP contribution in [0.25, 0.3) is 16.6 Å². The van der Waals surface area contributed by atoms with E-state index in [4.69, 9.17) is 0 Å². The summed E-state index contributed by atoms with van der Waals surface area (Å²) in [6, 6.07) is 14.5. The molecule has 0 saturated carbocycles. The van der Waals surface area contributed by atoms with Crippen LogP contribution >= 0.6 is 0 Å². The molecule has 1 fully saturated rings. The average molecular weight is 372 g/mol. The van der Waals surface area contributed by atoms with E-state index in [-0.39, 0.29) is 5.91 Å². The van der Waals surface area contributed by atoms with Crippen molar-refractivity contribution < 1.29 is 4.79 Å². The van der Waals surface area contributed by atoms with E-state index >= 15 is 0 Å². The lowest BCUT2D eigenvalue weighted by molar-refractivity contribution is -0.131. The van der Waals surface area contributed by atoms with Gasteiger partial charge in [0, 0.05) is 48.0 Å². The Balaban J connectivity index is 1.37. The third kappa shape index (κ3) is 2.97. The van der Waals surface area contributed by atoms with Crippen molar-refractivity contribution in [2.75, 3.05) is 13.1 Å². The molecule has 28 heavy (non-hydrogen) atoms. The Labute approximate surface area is 164 Å². The van der Waals surface area contributed by atoms with E-state index in [1.807, 2.05) is 42.3 Å². The summed E-state index contributed by atoms with van der Waals surface area (Å²) in [6.07, 6.45) is 6.66. The number of benzene rings is 1. The Bertz CT molecular complexity index is 1160. The minimum atomic E-state index is 0.212. The molecule has 0 radical (unpaired) electrons. The zero-order valence-corrected chi connectivity index (χ0v) is 16.1. The van der Waals surface area contributed by atoms with Crippen LogP contribution in [0.4, 0.5) is 0 Å². The lowest BCUT2D eigenvalue weighted by Crippen LogP contribution is -2.40. The Morgan fingerprint density at radius 2 is 2.11 bits per heavy atom. The monoisotopic (exact) mass is 372 g/mol. The number of rotatable bonds is 3. The van der Waals surface area contributed by atoms with Gasteiger partial charge in [-0.2, -0.15) is 0 Å². The van der Waals surface area contributed by atoms with E-state index in [1.165, 1.54) is 5.69 Å². The zero-order chi connectivity index (χ0) is 19.1. The highest BCUT2D eigenvalue weighted by molar-refractivity contribution is 5.88. The summed E-state index contributed by atoms with van der Waals surface area (Å²) >= 11 is 0. The number of likely N-dealkylation sites (tertiary alicyclic amines) is 1. The lowest BCUT2D eigenvalue weighted by atomic mass is 9.93. The van der Waals surface area contributed by atoms with Gasteiger partial charge in [0.2, 0.25) is 5.91 Å². The number of fused-ring (bicyclic) bond motifs is 2. The number of piperidine rings is 1. The third-order valence-corrected chi connectivity index (χ3v) is 5.85. The van der Waals surface area contributed by atoms with Crippen LogP contribution in [0, 0.1) is 6.92 Å². The molecule has 0 bridgehead atoms. The number of aromatic amines is 1. The van der Waals surface area contributed by atoms with Gasteiger partial charge in [0.15, 0.2) is 0 Å². The molecule has 1 aliphatic heterocycles. The van der Waals surface area contributed by atoms with Gasteiger partial charge in [0.05, 0.1) is 12.1 Å². The second kappa shape index (κ2) is 6.82. The predicted octanol–water partition coefficient (Wildman–Crippen LogP) is 4.07. The summed E-state index contributed by atoms with van der Waals surface area (Å²) in [6.45, 7) is 3.64. The van der Waals surface area contributed by atoms with Crippen molar-refractivity contribution in [1.29, 1.82) is 0 Å². The summed E-state index contributed by atoms with van der Waals surface area (Å²) in [4.78, 5) is 22.9. The van der Waals surface area contributed by atoms with Crippen molar-refractivity contribution in [3.05, 3.63) is 71.8 Å². The highest BCUT2D eigenvalue weighted by atomic mass is 16.2. The maximum Gasteiger partial charge on any atom is 0.227 e. The van der Waals surface area contributed by atoms with Crippen molar-refractivity contribution in [2.24, 2.45) is 0 Å².